The van der Waals surface area contributed by atoms with E-state index in [1.165, 1.54) is 12.6 Å². The Kier molecular flexibility index (Phi) is 6.47. The Balaban J connectivity index is 1.44. The number of sulfone groups is 1. The summed E-state index contributed by atoms with van der Waals surface area (Å²) in [4.78, 5) is 25.1. The molecule has 10 heteroatoms. The first-order chi connectivity index (χ1) is 15.6. The zero-order valence-corrected chi connectivity index (χ0v) is 20.2. The van der Waals surface area contributed by atoms with Crippen molar-refractivity contribution in [2.75, 3.05) is 24.2 Å². The number of carbonyl (C=O) groups is 1. The zero-order valence-electron chi connectivity index (χ0n) is 19.4. The molecular formula is C23H30N4O5S. The molecule has 0 saturated carbocycles. The number of ether oxygens (including phenoxy) is 2. The third-order valence-electron chi connectivity index (χ3n) is 5.97. The van der Waals surface area contributed by atoms with Crippen molar-refractivity contribution in [1.82, 2.24) is 14.9 Å². The number of piperidine rings is 1. The molecule has 1 fully saturated rings. The van der Waals surface area contributed by atoms with Crippen LogP contribution in [0.4, 0.5) is 16.3 Å². The van der Waals surface area contributed by atoms with Crippen molar-refractivity contribution < 1.29 is 22.7 Å². The van der Waals surface area contributed by atoms with Gasteiger partial charge in [0.1, 0.15) is 18.2 Å². The zero-order chi connectivity index (χ0) is 23.8. The van der Waals surface area contributed by atoms with Gasteiger partial charge in [0.15, 0.2) is 9.84 Å². The third kappa shape index (κ3) is 5.21. The van der Waals surface area contributed by atoms with Gasteiger partial charge in [-0.3, -0.25) is 0 Å². The summed E-state index contributed by atoms with van der Waals surface area (Å²) in [6.45, 7) is 6.95. The van der Waals surface area contributed by atoms with Crippen LogP contribution in [0.2, 0.25) is 0 Å². The van der Waals surface area contributed by atoms with Crippen molar-refractivity contribution in [3.05, 3.63) is 36.2 Å². The molecule has 2 unspecified atom stereocenters. The summed E-state index contributed by atoms with van der Waals surface area (Å²) in [5, 5.41) is 0. The first-order valence-corrected chi connectivity index (χ1v) is 13.1. The van der Waals surface area contributed by atoms with E-state index in [9.17, 15) is 13.2 Å². The van der Waals surface area contributed by atoms with E-state index in [0.717, 1.165) is 17.7 Å². The van der Waals surface area contributed by atoms with Crippen LogP contribution in [0.1, 0.15) is 39.2 Å². The average Bonchev–Trinajstić information content (AvgIpc) is 3.16. The number of rotatable bonds is 5. The number of carbonyl (C=O) groups excluding carboxylic acids is 1. The molecule has 1 aromatic heterocycles. The molecule has 0 bridgehead atoms. The Bertz CT molecular complexity index is 1140. The molecule has 1 amide bonds. The van der Waals surface area contributed by atoms with Gasteiger partial charge in [-0.2, -0.15) is 0 Å². The predicted octanol–water partition coefficient (Wildman–Crippen LogP) is 3.35. The Morgan fingerprint density at radius 2 is 1.97 bits per heavy atom. The molecule has 2 atom stereocenters. The van der Waals surface area contributed by atoms with Crippen LogP contribution in [0.5, 0.6) is 5.88 Å². The molecule has 9 nitrogen and oxygen atoms in total. The maximum Gasteiger partial charge on any atom is 0.410 e. The number of nitrogens with zero attached hydrogens (tertiary/aromatic N) is 4. The Morgan fingerprint density at radius 1 is 1.18 bits per heavy atom. The SMILES string of the molecule is CC(C)OC(=O)N1CCC(Oc2cc(N3CCc4cc(S(C)(=O)=O)ccc43)ncn2)CC1C. The lowest BCUT2D eigenvalue weighted by molar-refractivity contribution is 0.0295. The van der Waals surface area contributed by atoms with Crippen LogP contribution in [0, 0.1) is 0 Å². The number of likely N-dealkylation sites (tertiary alicyclic amines) is 1. The van der Waals surface area contributed by atoms with E-state index in [-0.39, 0.29) is 24.3 Å². The number of hydrogen-bond donors (Lipinski definition) is 0. The van der Waals surface area contributed by atoms with Crippen LogP contribution < -0.4 is 9.64 Å². The van der Waals surface area contributed by atoms with Gasteiger partial charge in [-0.15, -0.1) is 0 Å². The molecule has 0 spiro atoms. The summed E-state index contributed by atoms with van der Waals surface area (Å²) < 4.78 is 35.2. The predicted molar refractivity (Wildman–Crippen MR) is 124 cm³/mol. The van der Waals surface area contributed by atoms with Crippen LogP contribution in [0.3, 0.4) is 0 Å². The smallest absolute Gasteiger partial charge is 0.410 e. The second kappa shape index (κ2) is 9.17. The molecule has 0 N–H and O–H groups in total. The van der Waals surface area contributed by atoms with Crippen molar-refractivity contribution in [3.8, 4) is 5.88 Å². The monoisotopic (exact) mass is 474 g/mol. The lowest BCUT2D eigenvalue weighted by atomic mass is 10.0. The van der Waals surface area contributed by atoms with E-state index < -0.39 is 9.84 Å². The highest BCUT2D eigenvalue weighted by atomic mass is 32.2. The quantitative estimate of drug-likeness (QED) is 0.650. The fraction of sp³-hybridized carbons (Fsp3) is 0.522. The van der Waals surface area contributed by atoms with E-state index in [1.807, 2.05) is 37.8 Å². The van der Waals surface area contributed by atoms with Crippen molar-refractivity contribution in [1.29, 1.82) is 0 Å². The van der Waals surface area contributed by atoms with Crippen molar-refractivity contribution in [2.24, 2.45) is 0 Å². The number of hydrogen-bond acceptors (Lipinski definition) is 8. The molecule has 2 aromatic rings. The third-order valence-corrected chi connectivity index (χ3v) is 7.08. The minimum atomic E-state index is -3.25. The van der Waals surface area contributed by atoms with Gasteiger partial charge in [-0.05, 0) is 51.0 Å². The lowest BCUT2D eigenvalue weighted by Gasteiger charge is -2.37. The second-order valence-electron chi connectivity index (χ2n) is 8.92. The molecule has 1 aromatic carbocycles. The van der Waals surface area contributed by atoms with Gasteiger partial charge in [0, 0.05) is 50.0 Å². The highest BCUT2D eigenvalue weighted by Gasteiger charge is 2.31. The number of aromatic nitrogens is 2. The molecule has 2 aliphatic heterocycles. The summed E-state index contributed by atoms with van der Waals surface area (Å²) in [6, 6.07) is 7.01. The van der Waals surface area contributed by atoms with E-state index in [2.05, 4.69) is 9.97 Å². The number of anilines is 2. The van der Waals surface area contributed by atoms with Crippen molar-refractivity contribution in [3.63, 3.8) is 0 Å². The maximum absolute atomic E-state index is 12.3. The van der Waals surface area contributed by atoms with Gasteiger partial charge < -0.3 is 19.3 Å². The highest BCUT2D eigenvalue weighted by molar-refractivity contribution is 7.90. The molecule has 3 heterocycles. The van der Waals surface area contributed by atoms with Crippen molar-refractivity contribution >= 4 is 27.4 Å². The van der Waals surface area contributed by atoms with Crippen LogP contribution >= 0.6 is 0 Å². The van der Waals surface area contributed by atoms with E-state index in [1.54, 1.807) is 17.0 Å². The van der Waals surface area contributed by atoms with E-state index in [4.69, 9.17) is 9.47 Å². The summed E-state index contributed by atoms with van der Waals surface area (Å²) in [6.07, 6.45) is 4.32. The summed E-state index contributed by atoms with van der Waals surface area (Å²) >= 11 is 0. The highest BCUT2D eigenvalue weighted by Crippen LogP contribution is 2.36. The van der Waals surface area contributed by atoms with Gasteiger partial charge in [0.05, 0.1) is 11.0 Å². The topological polar surface area (TPSA) is 102 Å². The first-order valence-electron chi connectivity index (χ1n) is 11.2. The summed E-state index contributed by atoms with van der Waals surface area (Å²) in [5.74, 6) is 1.19. The molecule has 4 rings (SSSR count). The van der Waals surface area contributed by atoms with Gasteiger partial charge in [0.25, 0.3) is 0 Å². The Hall–Kier alpha value is -2.88. The first kappa shape index (κ1) is 23.3. The Morgan fingerprint density at radius 3 is 2.67 bits per heavy atom. The normalized spacial score (nSPS) is 20.6. The van der Waals surface area contributed by atoms with Crippen LogP contribution in [0.15, 0.2) is 35.5 Å². The van der Waals surface area contributed by atoms with E-state index in [0.29, 0.717) is 42.5 Å². The second-order valence-corrected chi connectivity index (χ2v) is 10.9. The van der Waals surface area contributed by atoms with Gasteiger partial charge in [-0.25, -0.2) is 23.2 Å². The molecule has 0 radical (unpaired) electrons. The molecule has 2 aliphatic rings. The number of benzene rings is 1. The van der Waals surface area contributed by atoms with Crippen LogP contribution in [0.25, 0.3) is 0 Å². The van der Waals surface area contributed by atoms with Crippen molar-refractivity contribution in [2.45, 2.75) is 63.2 Å². The average molecular weight is 475 g/mol. The number of fused-ring (bicyclic) bond motifs is 1. The largest absolute Gasteiger partial charge is 0.474 e. The Labute approximate surface area is 194 Å². The number of amides is 1. The van der Waals surface area contributed by atoms with Crippen LogP contribution in [-0.4, -0.2) is 67.0 Å². The lowest BCUT2D eigenvalue weighted by Crippen LogP contribution is -2.48. The minimum absolute atomic E-state index is 0.00538. The maximum atomic E-state index is 12.3. The van der Waals surface area contributed by atoms with Gasteiger partial charge in [0.2, 0.25) is 5.88 Å². The van der Waals surface area contributed by atoms with Gasteiger partial charge >= 0.3 is 6.09 Å². The molecule has 33 heavy (non-hydrogen) atoms. The standard InChI is InChI=1S/C23H30N4O5S/c1-15(2)31-23(28)26-10-8-18(11-16(26)3)32-22-13-21(24-14-25-22)27-9-7-17-12-19(33(4,29)30)5-6-20(17)27/h5-6,12-16,18H,7-11H2,1-4H3. The fourth-order valence-corrected chi connectivity index (χ4v) is 5.01. The summed E-state index contributed by atoms with van der Waals surface area (Å²) in [5.41, 5.74) is 1.92. The minimum Gasteiger partial charge on any atom is -0.474 e. The molecule has 0 aliphatic carbocycles. The van der Waals surface area contributed by atoms with Gasteiger partial charge in [-0.1, -0.05) is 0 Å². The molecule has 178 valence electrons. The molecule has 1 saturated heterocycles. The fourth-order valence-electron chi connectivity index (χ4n) is 4.34. The molecular weight excluding hydrogens is 444 g/mol. The van der Waals surface area contributed by atoms with Crippen LogP contribution in [-0.2, 0) is 21.0 Å². The summed E-state index contributed by atoms with van der Waals surface area (Å²) in [7, 11) is -3.25. The van der Waals surface area contributed by atoms with E-state index >= 15 is 0 Å².